The molecule has 0 unspecified atom stereocenters. The Morgan fingerprint density at radius 3 is 2.42 bits per heavy atom. The Balaban J connectivity index is 1.57. The fraction of sp³-hybridized carbons (Fsp3) is 0.0455. The molecule has 3 aromatic carbocycles. The van der Waals surface area contributed by atoms with Gasteiger partial charge in [-0.05, 0) is 30.3 Å². The van der Waals surface area contributed by atoms with Crippen molar-refractivity contribution < 1.29 is 19.9 Å². The van der Waals surface area contributed by atoms with Crippen LogP contribution in [0.2, 0.25) is 0 Å². The van der Waals surface area contributed by atoms with Crippen LogP contribution >= 0.6 is 11.8 Å². The second kappa shape index (κ2) is 9.40. The average Bonchev–Trinajstić information content (AvgIpc) is 3.23. The van der Waals surface area contributed by atoms with Crippen molar-refractivity contribution in [1.29, 1.82) is 0 Å². The number of non-ortho nitro benzene ring substituents is 1. The van der Waals surface area contributed by atoms with E-state index in [9.17, 15) is 25.1 Å². The minimum Gasteiger partial charge on any atom is -0.507 e. The molecule has 0 spiro atoms. The summed E-state index contributed by atoms with van der Waals surface area (Å²) in [5.41, 5.74) is 1.01. The lowest BCUT2D eigenvalue weighted by Gasteiger charge is -2.11. The number of benzene rings is 3. The van der Waals surface area contributed by atoms with E-state index in [1.165, 1.54) is 12.1 Å². The van der Waals surface area contributed by atoms with E-state index in [-0.39, 0.29) is 22.9 Å². The summed E-state index contributed by atoms with van der Waals surface area (Å²) in [7, 11) is 0. The van der Waals surface area contributed by atoms with E-state index in [4.69, 9.17) is 0 Å². The molecule has 0 bridgehead atoms. The molecule has 10 nitrogen and oxygen atoms in total. The van der Waals surface area contributed by atoms with Crippen molar-refractivity contribution in [1.82, 2.24) is 14.8 Å². The molecule has 1 heterocycles. The van der Waals surface area contributed by atoms with Crippen molar-refractivity contribution >= 4 is 29.0 Å². The number of carbonyl (C=O) groups excluding carboxylic acids is 1. The summed E-state index contributed by atoms with van der Waals surface area (Å²) in [6.45, 7) is 0. The summed E-state index contributed by atoms with van der Waals surface area (Å²) < 4.78 is 1.73. The van der Waals surface area contributed by atoms with Gasteiger partial charge in [-0.1, -0.05) is 42.1 Å². The van der Waals surface area contributed by atoms with Gasteiger partial charge in [0.1, 0.15) is 11.5 Å². The van der Waals surface area contributed by atoms with E-state index < -0.39 is 16.6 Å². The first kappa shape index (κ1) is 21.8. The van der Waals surface area contributed by atoms with Crippen LogP contribution < -0.4 is 5.32 Å². The Morgan fingerprint density at radius 1 is 1.00 bits per heavy atom. The molecule has 0 saturated heterocycles. The second-order valence-electron chi connectivity index (χ2n) is 6.79. The van der Waals surface area contributed by atoms with Crippen LogP contribution in [0.25, 0.3) is 17.1 Å². The van der Waals surface area contributed by atoms with Crippen LogP contribution in [0.1, 0.15) is 0 Å². The van der Waals surface area contributed by atoms with Gasteiger partial charge in [-0.15, -0.1) is 10.2 Å². The molecule has 166 valence electrons. The molecule has 0 saturated carbocycles. The van der Waals surface area contributed by atoms with E-state index in [0.29, 0.717) is 16.5 Å². The molecule has 0 radical (unpaired) electrons. The highest BCUT2D eigenvalue weighted by Crippen LogP contribution is 2.33. The van der Waals surface area contributed by atoms with Crippen LogP contribution in [0.4, 0.5) is 11.4 Å². The number of nitro groups is 1. The highest BCUT2D eigenvalue weighted by Gasteiger charge is 2.19. The zero-order valence-electron chi connectivity index (χ0n) is 17.0. The number of hydrogen-bond acceptors (Lipinski definition) is 8. The lowest BCUT2D eigenvalue weighted by atomic mass is 10.2. The predicted molar refractivity (Wildman–Crippen MR) is 123 cm³/mol. The van der Waals surface area contributed by atoms with E-state index >= 15 is 0 Å². The van der Waals surface area contributed by atoms with E-state index in [1.807, 2.05) is 30.3 Å². The average molecular weight is 463 g/mol. The molecule has 0 fully saturated rings. The number of nitro benzene ring substituents is 1. The Bertz CT molecular complexity index is 1330. The van der Waals surface area contributed by atoms with Gasteiger partial charge in [0.25, 0.3) is 5.69 Å². The van der Waals surface area contributed by atoms with Gasteiger partial charge in [0.2, 0.25) is 5.91 Å². The highest BCUT2D eigenvalue weighted by molar-refractivity contribution is 7.99. The Morgan fingerprint density at radius 2 is 1.73 bits per heavy atom. The number of aromatic hydroxyl groups is 2. The molecule has 4 aromatic rings. The fourth-order valence-corrected chi connectivity index (χ4v) is 3.82. The number of rotatable bonds is 7. The quantitative estimate of drug-likeness (QED) is 0.162. The zero-order chi connectivity index (χ0) is 23.4. The molecule has 11 heteroatoms. The minimum absolute atomic E-state index is 0.0463. The van der Waals surface area contributed by atoms with Gasteiger partial charge in [0.15, 0.2) is 11.0 Å². The summed E-state index contributed by atoms with van der Waals surface area (Å²) in [5, 5.41) is 42.4. The minimum atomic E-state index is -0.639. The van der Waals surface area contributed by atoms with Crippen LogP contribution in [0.15, 0.2) is 78.0 Å². The molecule has 0 aliphatic carbocycles. The normalized spacial score (nSPS) is 10.7. The lowest BCUT2D eigenvalue weighted by Crippen LogP contribution is -2.14. The van der Waals surface area contributed by atoms with Crippen LogP contribution in [-0.2, 0) is 4.79 Å². The van der Waals surface area contributed by atoms with Crippen molar-refractivity contribution in [2.24, 2.45) is 0 Å². The zero-order valence-corrected chi connectivity index (χ0v) is 17.8. The number of thioether (sulfide) groups is 1. The maximum Gasteiger partial charge on any atom is 0.273 e. The fourth-order valence-electron chi connectivity index (χ4n) is 3.07. The number of carbonyl (C=O) groups is 1. The Labute approximate surface area is 191 Å². The van der Waals surface area contributed by atoms with Crippen molar-refractivity contribution in [3.05, 3.63) is 82.9 Å². The largest absolute Gasteiger partial charge is 0.507 e. The van der Waals surface area contributed by atoms with Gasteiger partial charge in [-0.2, -0.15) is 0 Å². The standard InChI is InChI=1S/C22H17N5O5S/c28-18-9-5-4-8-16(18)21-24-25-22(26(21)14-6-2-1-3-7-14)33-13-20(30)23-17-11-10-15(27(31)32)12-19(17)29/h1-12,28-29H,13H2,(H,23,30). The summed E-state index contributed by atoms with van der Waals surface area (Å²) in [4.78, 5) is 22.6. The molecular weight excluding hydrogens is 446 g/mol. The first-order valence-electron chi connectivity index (χ1n) is 9.63. The van der Waals surface area contributed by atoms with Gasteiger partial charge in [-0.3, -0.25) is 19.5 Å². The van der Waals surface area contributed by atoms with Gasteiger partial charge >= 0.3 is 0 Å². The Hall–Kier alpha value is -4.38. The van der Waals surface area contributed by atoms with E-state index in [2.05, 4.69) is 15.5 Å². The number of aromatic nitrogens is 3. The summed E-state index contributed by atoms with van der Waals surface area (Å²) in [6, 6.07) is 19.4. The van der Waals surface area contributed by atoms with Crippen LogP contribution in [0.3, 0.4) is 0 Å². The maximum absolute atomic E-state index is 12.5. The first-order valence-corrected chi connectivity index (χ1v) is 10.6. The van der Waals surface area contributed by atoms with E-state index in [1.54, 1.807) is 28.8 Å². The number of anilines is 1. The number of hydrogen-bond donors (Lipinski definition) is 3. The van der Waals surface area contributed by atoms with Crippen molar-refractivity contribution in [2.75, 3.05) is 11.1 Å². The van der Waals surface area contributed by atoms with Gasteiger partial charge in [0.05, 0.1) is 28.0 Å². The molecule has 0 aliphatic rings. The number of phenolic OH excluding ortho intramolecular Hbond substituents is 2. The van der Waals surface area contributed by atoms with Crippen LogP contribution in [0.5, 0.6) is 11.5 Å². The highest BCUT2D eigenvalue weighted by atomic mass is 32.2. The van der Waals surface area contributed by atoms with Gasteiger partial charge < -0.3 is 15.5 Å². The monoisotopic (exact) mass is 463 g/mol. The number of phenols is 2. The second-order valence-corrected chi connectivity index (χ2v) is 7.73. The first-order chi connectivity index (χ1) is 15.9. The molecule has 0 atom stereocenters. The maximum atomic E-state index is 12.5. The third-order valence-electron chi connectivity index (χ3n) is 4.59. The third-order valence-corrected chi connectivity index (χ3v) is 5.52. The van der Waals surface area contributed by atoms with Gasteiger partial charge in [0, 0.05) is 11.8 Å². The molecule has 3 N–H and O–H groups in total. The Kier molecular flexibility index (Phi) is 6.22. The number of nitrogens with zero attached hydrogens (tertiary/aromatic N) is 4. The topological polar surface area (TPSA) is 143 Å². The summed E-state index contributed by atoms with van der Waals surface area (Å²) in [5.74, 6) is -0.463. The lowest BCUT2D eigenvalue weighted by molar-refractivity contribution is -0.384. The van der Waals surface area contributed by atoms with Crippen molar-refractivity contribution in [3.8, 4) is 28.6 Å². The van der Waals surface area contributed by atoms with Crippen LogP contribution in [-0.4, -0.2) is 41.6 Å². The molecular formula is C22H17N5O5S. The van der Waals surface area contributed by atoms with Crippen molar-refractivity contribution in [2.45, 2.75) is 5.16 Å². The van der Waals surface area contributed by atoms with Crippen molar-refractivity contribution in [3.63, 3.8) is 0 Å². The van der Waals surface area contributed by atoms with E-state index in [0.717, 1.165) is 23.5 Å². The smallest absolute Gasteiger partial charge is 0.273 e. The molecule has 1 aromatic heterocycles. The van der Waals surface area contributed by atoms with Gasteiger partial charge in [-0.25, -0.2) is 0 Å². The SMILES string of the molecule is O=C(CSc1nnc(-c2ccccc2O)n1-c1ccccc1)Nc1ccc([N+](=O)[O-])cc1O. The molecule has 1 amide bonds. The van der Waals surface area contributed by atoms with Crippen LogP contribution in [0, 0.1) is 10.1 Å². The molecule has 4 rings (SSSR count). The number of para-hydroxylation sites is 2. The summed E-state index contributed by atoms with van der Waals surface area (Å²) in [6.07, 6.45) is 0. The third kappa shape index (κ3) is 4.77. The molecule has 33 heavy (non-hydrogen) atoms. The summed E-state index contributed by atoms with van der Waals surface area (Å²) >= 11 is 1.11. The molecule has 0 aliphatic heterocycles. The predicted octanol–water partition coefficient (Wildman–Crippen LogP) is 3.98. The number of amides is 1. The number of nitrogens with one attached hydrogen (secondary N) is 1.